The molecule has 132 valence electrons. The van der Waals surface area contributed by atoms with Gasteiger partial charge in [-0.25, -0.2) is 0 Å². The summed E-state index contributed by atoms with van der Waals surface area (Å²) in [5.41, 5.74) is 1.42. The van der Waals surface area contributed by atoms with Gasteiger partial charge in [-0.15, -0.1) is 0 Å². The number of unbranched alkanes of at least 4 members (excludes halogenated alkanes) is 10. The first-order valence-corrected chi connectivity index (χ1v) is 10.3. The van der Waals surface area contributed by atoms with Crippen molar-refractivity contribution >= 4 is 5.71 Å². The van der Waals surface area contributed by atoms with E-state index in [2.05, 4.69) is 27.7 Å². The molecule has 0 saturated carbocycles. The molecule has 0 fully saturated rings. The van der Waals surface area contributed by atoms with E-state index >= 15 is 0 Å². The van der Waals surface area contributed by atoms with Crippen molar-refractivity contribution in [2.24, 2.45) is 10.9 Å². The SMILES string of the molecule is CCCCCCCCC(CCCCCCCC)/C(C)=N\CC. The molecule has 0 radical (unpaired) electrons. The summed E-state index contributed by atoms with van der Waals surface area (Å²) in [4.78, 5) is 4.70. The first kappa shape index (κ1) is 21.7. The molecule has 0 saturated heterocycles. The highest BCUT2D eigenvalue weighted by molar-refractivity contribution is 5.84. The second kappa shape index (κ2) is 17.0. The lowest BCUT2D eigenvalue weighted by atomic mass is 9.90. The van der Waals surface area contributed by atoms with Gasteiger partial charge in [0.2, 0.25) is 0 Å². The van der Waals surface area contributed by atoms with E-state index in [-0.39, 0.29) is 0 Å². The molecule has 0 aromatic heterocycles. The maximum atomic E-state index is 4.70. The smallest absolute Gasteiger partial charge is 0.0360 e. The lowest BCUT2D eigenvalue weighted by molar-refractivity contribution is 0.482. The van der Waals surface area contributed by atoms with Gasteiger partial charge in [0.05, 0.1) is 0 Å². The molecule has 22 heavy (non-hydrogen) atoms. The van der Waals surface area contributed by atoms with Crippen LogP contribution in [-0.2, 0) is 0 Å². The first-order chi connectivity index (χ1) is 10.8. The van der Waals surface area contributed by atoms with Gasteiger partial charge >= 0.3 is 0 Å². The quantitative estimate of drug-likeness (QED) is 0.206. The van der Waals surface area contributed by atoms with E-state index in [1.165, 1.54) is 95.6 Å². The fourth-order valence-corrected chi connectivity index (χ4v) is 3.28. The van der Waals surface area contributed by atoms with Gasteiger partial charge in [0.1, 0.15) is 0 Å². The van der Waals surface area contributed by atoms with Crippen molar-refractivity contribution in [3.63, 3.8) is 0 Å². The van der Waals surface area contributed by atoms with E-state index < -0.39 is 0 Å². The second-order valence-corrected chi connectivity index (χ2v) is 6.93. The number of nitrogens with zero attached hydrogens (tertiary/aromatic N) is 1. The molecule has 0 aromatic carbocycles. The van der Waals surface area contributed by atoms with Crippen LogP contribution in [0.2, 0.25) is 0 Å². The van der Waals surface area contributed by atoms with Gasteiger partial charge in [-0.1, -0.05) is 90.9 Å². The van der Waals surface area contributed by atoms with E-state index in [0.717, 1.165) is 12.5 Å². The Morgan fingerprint density at radius 1 is 0.636 bits per heavy atom. The van der Waals surface area contributed by atoms with E-state index in [4.69, 9.17) is 4.99 Å². The summed E-state index contributed by atoms with van der Waals surface area (Å²) in [5, 5.41) is 0. The summed E-state index contributed by atoms with van der Waals surface area (Å²) in [5.74, 6) is 0.761. The van der Waals surface area contributed by atoms with E-state index in [0.29, 0.717) is 0 Å². The minimum atomic E-state index is 0.761. The lowest BCUT2D eigenvalue weighted by Gasteiger charge is -2.17. The Kier molecular flexibility index (Phi) is 16.8. The van der Waals surface area contributed by atoms with Gasteiger partial charge in [-0.2, -0.15) is 0 Å². The van der Waals surface area contributed by atoms with Crippen molar-refractivity contribution < 1.29 is 0 Å². The van der Waals surface area contributed by atoms with Crippen LogP contribution in [0.5, 0.6) is 0 Å². The van der Waals surface area contributed by atoms with Crippen molar-refractivity contribution in [1.82, 2.24) is 0 Å². The Labute approximate surface area is 141 Å². The van der Waals surface area contributed by atoms with Crippen LogP contribution >= 0.6 is 0 Å². The molecule has 0 aromatic rings. The number of hydrogen-bond acceptors (Lipinski definition) is 1. The molecule has 0 heterocycles. The fraction of sp³-hybridized carbons (Fsp3) is 0.952. The second-order valence-electron chi connectivity index (χ2n) is 6.93. The van der Waals surface area contributed by atoms with Crippen LogP contribution in [0, 0.1) is 5.92 Å². The van der Waals surface area contributed by atoms with Gasteiger partial charge in [0, 0.05) is 12.3 Å². The molecule has 0 aliphatic heterocycles. The standard InChI is InChI=1S/C21H43N/c1-5-8-10-12-14-16-18-21(20(4)22-7-3)19-17-15-13-11-9-6-2/h21H,5-19H2,1-4H3/b22-20-. The third kappa shape index (κ3) is 13.3. The minimum absolute atomic E-state index is 0.761. The Morgan fingerprint density at radius 3 is 1.45 bits per heavy atom. The summed E-state index contributed by atoms with van der Waals surface area (Å²) >= 11 is 0. The summed E-state index contributed by atoms with van der Waals surface area (Å²) in [6.45, 7) is 9.97. The molecule has 0 spiro atoms. The zero-order valence-electron chi connectivity index (χ0n) is 16.1. The molecule has 1 nitrogen and oxygen atoms in total. The normalized spacial score (nSPS) is 12.3. The van der Waals surface area contributed by atoms with Crippen molar-refractivity contribution in [2.45, 2.75) is 118 Å². The predicted octanol–water partition coefficient (Wildman–Crippen LogP) is 7.58. The summed E-state index contributed by atoms with van der Waals surface area (Å²) in [6, 6.07) is 0. The maximum Gasteiger partial charge on any atom is 0.0360 e. The van der Waals surface area contributed by atoms with Crippen LogP contribution in [0.15, 0.2) is 4.99 Å². The molecule has 0 aliphatic carbocycles. The maximum absolute atomic E-state index is 4.70. The molecule has 0 atom stereocenters. The largest absolute Gasteiger partial charge is 0.294 e. The molecular weight excluding hydrogens is 266 g/mol. The highest BCUT2D eigenvalue weighted by Crippen LogP contribution is 2.21. The Morgan fingerprint density at radius 2 is 1.05 bits per heavy atom. The molecular formula is C21H43N. The number of rotatable bonds is 16. The average molecular weight is 310 g/mol. The van der Waals surface area contributed by atoms with Crippen LogP contribution in [0.3, 0.4) is 0 Å². The van der Waals surface area contributed by atoms with Crippen LogP contribution in [-0.4, -0.2) is 12.3 Å². The van der Waals surface area contributed by atoms with Crippen LogP contribution in [0.25, 0.3) is 0 Å². The zero-order valence-corrected chi connectivity index (χ0v) is 16.1. The molecule has 1 heteroatoms. The molecule has 0 unspecified atom stereocenters. The highest BCUT2D eigenvalue weighted by atomic mass is 14.7. The molecule has 0 bridgehead atoms. The third-order valence-electron chi connectivity index (χ3n) is 4.81. The Hall–Kier alpha value is -0.330. The molecule has 0 aliphatic rings. The number of aliphatic imine (C=N–C) groups is 1. The van der Waals surface area contributed by atoms with E-state index in [1.807, 2.05) is 0 Å². The molecule has 0 amide bonds. The lowest BCUT2D eigenvalue weighted by Crippen LogP contribution is -2.12. The van der Waals surface area contributed by atoms with Crippen molar-refractivity contribution in [1.29, 1.82) is 0 Å². The Balaban J connectivity index is 3.88. The Bertz CT molecular complexity index is 228. The predicted molar refractivity (Wildman–Crippen MR) is 103 cm³/mol. The molecule has 0 N–H and O–H groups in total. The van der Waals surface area contributed by atoms with E-state index in [9.17, 15) is 0 Å². The zero-order chi connectivity index (χ0) is 16.5. The van der Waals surface area contributed by atoms with Crippen LogP contribution in [0.4, 0.5) is 0 Å². The van der Waals surface area contributed by atoms with Crippen LogP contribution < -0.4 is 0 Å². The van der Waals surface area contributed by atoms with Crippen molar-refractivity contribution in [3.8, 4) is 0 Å². The number of hydrogen-bond donors (Lipinski definition) is 0. The van der Waals surface area contributed by atoms with Crippen LogP contribution in [0.1, 0.15) is 118 Å². The topological polar surface area (TPSA) is 12.4 Å². The summed E-state index contributed by atoms with van der Waals surface area (Å²) < 4.78 is 0. The van der Waals surface area contributed by atoms with Gasteiger partial charge < -0.3 is 0 Å². The monoisotopic (exact) mass is 309 g/mol. The molecule has 0 rings (SSSR count). The minimum Gasteiger partial charge on any atom is -0.294 e. The van der Waals surface area contributed by atoms with Gasteiger partial charge in [0.15, 0.2) is 0 Å². The van der Waals surface area contributed by atoms with Crippen molar-refractivity contribution in [3.05, 3.63) is 0 Å². The van der Waals surface area contributed by atoms with E-state index in [1.54, 1.807) is 0 Å². The first-order valence-electron chi connectivity index (χ1n) is 10.3. The summed E-state index contributed by atoms with van der Waals surface area (Å²) in [7, 11) is 0. The summed E-state index contributed by atoms with van der Waals surface area (Å²) in [6.07, 6.45) is 19.7. The third-order valence-corrected chi connectivity index (χ3v) is 4.81. The van der Waals surface area contributed by atoms with Gasteiger partial charge in [-0.05, 0) is 32.6 Å². The van der Waals surface area contributed by atoms with Gasteiger partial charge in [-0.3, -0.25) is 4.99 Å². The highest BCUT2D eigenvalue weighted by Gasteiger charge is 2.11. The fourth-order valence-electron chi connectivity index (χ4n) is 3.28. The van der Waals surface area contributed by atoms with Gasteiger partial charge in [0.25, 0.3) is 0 Å². The average Bonchev–Trinajstić information content (AvgIpc) is 2.52. The van der Waals surface area contributed by atoms with Crippen molar-refractivity contribution in [2.75, 3.05) is 6.54 Å².